The molecule has 0 saturated heterocycles. The third-order valence-corrected chi connectivity index (χ3v) is 4.71. The summed E-state index contributed by atoms with van der Waals surface area (Å²) in [7, 11) is 1.52. The minimum Gasteiger partial charge on any atom is -0.308 e. The van der Waals surface area contributed by atoms with Crippen molar-refractivity contribution >= 4 is 38.9 Å². The standard InChI is InChI=1S/C15H10BrF2N5O2/c1-21-10(24)6-23-13(25)11-12(20-15(21)23)19-14(16)22(11)5-7-4-8(17)2-3-9(7)18/h2-4H,5-6H2,1H3. The summed E-state index contributed by atoms with van der Waals surface area (Å²) in [5.74, 6) is -1.24. The first kappa shape index (κ1) is 15.9. The number of fused-ring (bicyclic) bond motifs is 2. The van der Waals surface area contributed by atoms with Gasteiger partial charge in [-0.3, -0.25) is 19.1 Å². The van der Waals surface area contributed by atoms with Crippen LogP contribution in [0.3, 0.4) is 0 Å². The highest BCUT2D eigenvalue weighted by Gasteiger charge is 2.29. The van der Waals surface area contributed by atoms with Gasteiger partial charge in [0.05, 0.1) is 6.54 Å². The van der Waals surface area contributed by atoms with Crippen molar-refractivity contribution in [3.63, 3.8) is 0 Å². The van der Waals surface area contributed by atoms with E-state index < -0.39 is 17.2 Å². The molecular weight excluding hydrogens is 400 g/mol. The number of carbonyl (C=O) groups excluding carboxylic acids is 1. The molecule has 25 heavy (non-hydrogen) atoms. The van der Waals surface area contributed by atoms with Gasteiger partial charge in [-0.05, 0) is 34.1 Å². The zero-order valence-corrected chi connectivity index (χ0v) is 14.4. The fourth-order valence-corrected chi connectivity index (χ4v) is 3.28. The van der Waals surface area contributed by atoms with Crippen molar-refractivity contribution in [2.45, 2.75) is 13.1 Å². The highest BCUT2D eigenvalue weighted by atomic mass is 79.9. The summed E-state index contributed by atoms with van der Waals surface area (Å²) >= 11 is 3.23. The first-order valence-electron chi connectivity index (χ1n) is 7.24. The van der Waals surface area contributed by atoms with E-state index in [2.05, 4.69) is 25.9 Å². The Bertz CT molecular complexity index is 1110. The number of aromatic nitrogens is 4. The Morgan fingerprint density at radius 3 is 2.76 bits per heavy atom. The molecule has 0 bridgehead atoms. The second-order valence-corrected chi connectivity index (χ2v) is 6.34. The first-order valence-corrected chi connectivity index (χ1v) is 8.03. The molecule has 1 amide bonds. The number of anilines is 1. The topological polar surface area (TPSA) is 73.0 Å². The van der Waals surface area contributed by atoms with Crippen molar-refractivity contribution in [1.29, 1.82) is 0 Å². The van der Waals surface area contributed by atoms with Crippen molar-refractivity contribution in [1.82, 2.24) is 19.1 Å². The summed E-state index contributed by atoms with van der Waals surface area (Å²) in [5, 5.41) is 0. The van der Waals surface area contributed by atoms with Crippen LogP contribution in [-0.4, -0.2) is 32.1 Å². The van der Waals surface area contributed by atoms with Crippen molar-refractivity contribution in [3.05, 3.63) is 50.5 Å². The molecule has 0 unspecified atom stereocenters. The highest BCUT2D eigenvalue weighted by Crippen LogP contribution is 2.23. The predicted octanol–water partition coefficient (Wildman–Crippen LogP) is 1.66. The second-order valence-electron chi connectivity index (χ2n) is 5.63. The van der Waals surface area contributed by atoms with Crippen LogP contribution in [0.25, 0.3) is 11.2 Å². The minimum atomic E-state index is -0.598. The van der Waals surface area contributed by atoms with E-state index in [0.717, 1.165) is 18.2 Å². The van der Waals surface area contributed by atoms with Gasteiger partial charge in [-0.1, -0.05) is 0 Å². The number of carbonyl (C=O) groups is 1. The molecule has 2 aromatic heterocycles. The van der Waals surface area contributed by atoms with Crippen LogP contribution in [0.5, 0.6) is 0 Å². The number of nitrogens with zero attached hydrogens (tertiary/aromatic N) is 5. The van der Waals surface area contributed by atoms with Gasteiger partial charge in [-0.2, -0.15) is 4.98 Å². The van der Waals surface area contributed by atoms with Crippen molar-refractivity contribution in [2.24, 2.45) is 0 Å². The predicted molar refractivity (Wildman–Crippen MR) is 88.4 cm³/mol. The summed E-state index contributed by atoms with van der Waals surface area (Å²) < 4.78 is 30.3. The molecule has 0 aliphatic carbocycles. The molecule has 128 valence electrons. The molecule has 0 fully saturated rings. The maximum absolute atomic E-state index is 13.9. The summed E-state index contributed by atoms with van der Waals surface area (Å²) in [5.41, 5.74) is -0.158. The minimum absolute atomic E-state index is 0.0677. The van der Waals surface area contributed by atoms with E-state index in [4.69, 9.17) is 0 Å². The molecule has 0 atom stereocenters. The molecule has 10 heteroatoms. The number of benzene rings is 1. The quantitative estimate of drug-likeness (QED) is 0.603. The average Bonchev–Trinajstić information content (AvgIpc) is 3.02. The van der Waals surface area contributed by atoms with Gasteiger partial charge in [0.1, 0.15) is 18.2 Å². The number of likely N-dealkylation sites (N-methyl/N-ethyl adjacent to an activating group) is 1. The smallest absolute Gasteiger partial charge is 0.281 e. The van der Waals surface area contributed by atoms with Crippen molar-refractivity contribution in [3.8, 4) is 0 Å². The van der Waals surface area contributed by atoms with Crippen LogP contribution in [0.1, 0.15) is 5.56 Å². The van der Waals surface area contributed by atoms with E-state index in [-0.39, 0.29) is 46.4 Å². The van der Waals surface area contributed by atoms with Gasteiger partial charge < -0.3 is 4.57 Å². The molecule has 1 aliphatic rings. The van der Waals surface area contributed by atoms with Crippen LogP contribution in [0.2, 0.25) is 0 Å². The lowest BCUT2D eigenvalue weighted by molar-refractivity contribution is -0.117. The maximum Gasteiger partial charge on any atom is 0.281 e. The van der Waals surface area contributed by atoms with Crippen molar-refractivity contribution < 1.29 is 13.6 Å². The molecule has 1 aromatic carbocycles. The largest absolute Gasteiger partial charge is 0.308 e. The van der Waals surface area contributed by atoms with E-state index in [9.17, 15) is 18.4 Å². The summed E-state index contributed by atoms with van der Waals surface area (Å²) in [6, 6.07) is 3.10. The monoisotopic (exact) mass is 409 g/mol. The molecule has 0 spiro atoms. The molecule has 0 N–H and O–H groups in total. The normalized spacial score (nSPS) is 13.8. The van der Waals surface area contributed by atoms with Gasteiger partial charge in [0.2, 0.25) is 11.9 Å². The molecule has 3 heterocycles. The van der Waals surface area contributed by atoms with Gasteiger partial charge in [0.15, 0.2) is 15.9 Å². The summed E-state index contributed by atoms with van der Waals surface area (Å²) in [6.07, 6.45) is 0. The lowest BCUT2D eigenvalue weighted by Crippen LogP contribution is -2.22. The van der Waals surface area contributed by atoms with E-state index in [0.29, 0.717) is 0 Å². The van der Waals surface area contributed by atoms with Crippen LogP contribution in [0.15, 0.2) is 27.7 Å². The third-order valence-electron chi connectivity index (χ3n) is 4.10. The van der Waals surface area contributed by atoms with Crippen LogP contribution < -0.4 is 10.5 Å². The van der Waals surface area contributed by atoms with Gasteiger partial charge >= 0.3 is 0 Å². The molecule has 4 rings (SSSR count). The average molecular weight is 410 g/mol. The number of halogens is 3. The Morgan fingerprint density at radius 1 is 1.24 bits per heavy atom. The summed E-state index contributed by atoms with van der Waals surface area (Å²) in [4.78, 5) is 34.3. The Balaban J connectivity index is 1.93. The van der Waals surface area contributed by atoms with Gasteiger partial charge in [0, 0.05) is 12.6 Å². The van der Waals surface area contributed by atoms with Crippen LogP contribution in [0.4, 0.5) is 14.7 Å². The van der Waals surface area contributed by atoms with E-state index in [1.807, 2.05) is 0 Å². The maximum atomic E-state index is 13.9. The number of hydrogen-bond acceptors (Lipinski definition) is 4. The lowest BCUT2D eigenvalue weighted by atomic mass is 10.2. The molecule has 0 saturated carbocycles. The second kappa shape index (κ2) is 5.45. The van der Waals surface area contributed by atoms with Gasteiger partial charge in [-0.25, -0.2) is 13.8 Å². The number of hydrogen-bond donors (Lipinski definition) is 0. The molecule has 7 nitrogen and oxygen atoms in total. The van der Waals surface area contributed by atoms with Crippen LogP contribution in [-0.2, 0) is 17.9 Å². The van der Waals surface area contributed by atoms with Crippen molar-refractivity contribution in [2.75, 3.05) is 11.9 Å². The van der Waals surface area contributed by atoms with Crippen LogP contribution >= 0.6 is 15.9 Å². The fourth-order valence-electron chi connectivity index (χ4n) is 2.81. The lowest BCUT2D eigenvalue weighted by Gasteiger charge is -2.09. The summed E-state index contributed by atoms with van der Waals surface area (Å²) in [6.45, 7) is -0.231. The number of rotatable bonds is 2. The Morgan fingerprint density at radius 2 is 2.00 bits per heavy atom. The zero-order chi connectivity index (χ0) is 17.9. The highest BCUT2D eigenvalue weighted by molar-refractivity contribution is 9.10. The van der Waals surface area contributed by atoms with Gasteiger partial charge in [-0.15, -0.1) is 0 Å². The molecule has 0 radical (unpaired) electrons. The number of imidazole rings is 1. The van der Waals surface area contributed by atoms with Crippen LogP contribution in [0, 0.1) is 11.6 Å². The molecule has 1 aliphatic heterocycles. The van der Waals surface area contributed by atoms with E-state index in [1.54, 1.807) is 0 Å². The number of amides is 1. The van der Waals surface area contributed by atoms with E-state index in [1.165, 1.54) is 21.1 Å². The fraction of sp³-hybridized carbons (Fsp3) is 0.200. The van der Waals surface area contributed by atoms with E-state index >= 15 is 0 Å². The third kappa shape index (κ3) is 2.36. The Labute approximate surface area is 147 Å². The Hall–Kier alpha value is -2.62. The zero-order valence-electron chi connectivity index (χ0n) is 12.8. The first-order chi connectivity index (χ1) is 11.9. The molecular formula is C15H10BrF2N5O2. The SMILES string of the molecule is CN1C(=O)Cn2c1nc1nc(Br)n(Cc3cc(F)ccc3F)c1c2=O. The van der Waals surface area contributed by atoms with Gasteiger partial charge in [0.25, 0.3) is 5.56 Å². The Kier molecular flexibility index (Phi) is 3.46. The molecule has 3 aromatic rings.